The molecule has 1 aliphatic rings. The second kappa shape index (κ2) is 7.48. The average molecular weight is 417 g/mol. The van der Waals surface area contributed by atoms with E-state index in [0.717, 1.165) is 34.7 Å². The molecule has 28 heavy (non-hydrogen) atoms. The zero-order valence-electron chi connectivity index (χ0n) is 15.3. The first-order valence-corrected chi connectivity index (χ1v) is 11.7. The number of nitrogens with one attached hydrogen (secondary N) is 1. The molecule has 0 radical (unpaired) electrons. The van der Waals surface area contributed by atoms with Crippen molar-refractivity contribution in [1.82, 2.24) is 15.3 Å². The third-order valence-electron chi connectivity index (χ3n) is 4.76. The van der Waals surface area contributed by atoms with Gasteiger partial charge in [0.25, 0.3) is 0 Å². The van der Waals surface area contributed by atoms with E-state index in [4.69, 9.17) is 0 Å². The van der Waals surface area contributed by atoms with Crippen LogP contribution in [0.25, 0.3) is 10.2 Å². The monoisotopic (exact) mass is 416 g/mol. The molecule has 1 fully saturated rings. The smallest absolute Gasteiger partial charge is 0.220 e. The Hall–Kier alpha value is -2.52. The van der Waals surface area contributed by atoms with Gasteiger partial charge in [0.1, 0.15) is 12.1 Å². The lowest BCUT2D eigenvalue weighted by atomic mass is 10.1. The number of fused-ring (bicyclic) bond motifs is 1. The van der Waals surface area contributed by atoms with Crippen LogP contribution in [0.15, 0.2) is 46.9 Å². The molecule has 0 bridgehead atoms. The first kappa shape index (κ1) is 18.8. The van der Waals surface area contributed by atoms with E-state index < -0.39 is 9.84 Å². The maximum atomic E-state index is 12.2. The molecule has 0 spiro atoms. The third-order valence-corrected chi connectivity index (χ3v) is 6.79. The van der Waals surface area contributed by atoms with Gasteiger partial charge in [-0.3, -0.25) is 4.79 Å². The van der Waals surface area contributed by atoms with Gasteiger partial charge in [-0.05, 0) is 35.6 Å². The number of nitrogens with zero attached hydrogens (tertiary/aromatic N) is 3. The maximum absolute atomic E-state index is 12.2. The Morgan fingerprint density at radius 2 is 1.96 bits per heavy atom. The lowest BCUT2D eigenvalue weighted by Crippen LogP contribution is -2.59. The summed E-state index contributed by atoms with van der Waals surface area (Å²) in [6.07, 6.45) is 3.71. The molecule has 1 N–H and O–H groups in total. The molecule has 1 aliphatic heterocycles. The second-order valence-electron chi connectivity index (χ2n) is 6.92. The van der Waals surface area contributed by atoms with Crippen molar-refractivity contribution in [3.05, 3.63) is 47.6 Å². The number of carbonyl (C=O) groups excluding carboxylic acids is 1. The number of benzene rings is 1. The van der Waals surface area contributed by atoms with Crippen LogP contribution in [0, 0.1) is 0 Å². The number of aryl methyl sites for hydroxylation is 1. The Balaban J connectivity index is 1.26. The number of thiophene rings is 1. The van der Waals surface area contributed by atoms with Crippen LogP contribution in [0.1, 0.15) is 12.0 Å². The lowest BCUT2D eigenvalue weighted by molar-refractivity contribution is -0.121. The van der Waals surface area contributed by atoms with Crippen molar-refractivity contribution in [3.8, 4) is 0 Å². The molecule has 3 heterocycles. The SMILES string of the molecule is CS(=O)(=O)c1ccc(CCC(=O)NC2CN(c3ncnc4ccsc34)C2)cc1. The number of sulfone groups is 1. The molecule has 9 heteroatoms. The summed E-state index contributed by atoms with van der Waals surface area (Å²) in [5.41, 5.74) is 1.89. The summed E-state index contributed by atoms with van der Waals surface area (Å²) in [6, 6.07) is 8.78. The van der Waals surface area contributed by atoms with Gasteiger partial charge >= 0.3 is 0 Å². The van der Waals surface area contributed by atoms with Crippen molar-refractivity contribution in [2.75, 3.05) is 24.2 Å². The summed E-state index contributed by atoms with van der Waals surface area (Å²) in [4.78, 5) is 23.3. The van der Waals surface area contributed by atoms with Crippen molar-refractivity contribution >= 4 is 43.1 Å². The molecule has 3 aromatic rings. The molecule has 0 aliphatic carbocycles. The van der Waals surface area contributed by atoms with E-state index in [1.165, 1.54) is 6.26 Å². The summed E-state index contributed by atoms with van der Waals surface area (Å²) in [6.45, 7) is 1.47. The highest BCUT2D eigenvalue weighted by atomic mass is 32.2. The molecule has 1 aromatic carbocycles. The van der Waals surface area contributed by atoms with Crippen molar-refractivity contribution in [2.24, 2.45) is 0 Å². The van der Waals surface area contributed by atoms with Gasteiger partial charge in [0.05, 0.1) is 21.2 Å². The number of aromatic nitrogens is 2. The highest BCUT2D eigenvalue weighted by Crippen LogP contribution is 2.30. The number of hydrogen-bond acceptors (Lipinski definition) is 7. The largest absolute Gasteiger partial charge is 0.351 e. The van der Waals surface area contributed by atoms with Gasteiger partial charge in [0, 0.05) is 25.8 Å². The van der Waals surface area contributed by atoms with Crippen LogP contribution in [0.5, 0.6) is 0 Å². The van der Waals surface area contributed by atoms with Crippen molar-refractivity contribution in [2.45, 2.75) is 23.8 Å². The summed E-state index contributed by atoms with van der Waals surface area (Å²) in [5, 5.41) is 5.05. The van der Waals surface area contributed by atoms with Gasteiger partial charge in [-0.15, -0.1) is 11.3 Å². The highest BCUT2D eigenvalue weighted by molar-refractivity contribution is 7.90. The first-order valence-electron chi connectivity index (χ1n) is 8.91. The van der Waals surface area contributed by atoms with Crippen LogP contribution in [-0.4, -0.2) is 49.7 Å². The Morgan fingerprint density at radius 1 is 1.21 bits per heavy atom. The molecule has 7 nitrogen and oxygen atoms in total. The van der Waals surface area contributed by atoms with Crippen LogP contribution in [-0.2, 0) is 21.1 Å². The minimum Gasteiger partial charge on any atom is -0.351 e. The molecule has 0 unspecified atom stereocenters. The summed E-state index contributed by atoms with van der Waals surface area (Å²) >= 11 is 1.62. The number of rotatable bonds is 6. The standard InChI is InChI=1S/C19H20N4O3S2/c1-28(25,26)15-5-2-13(3-6-15)4-7-17(24)22-14-10-23(11-14)19-18-16(8-9-27-18)20-12-21-19/h2-3,5-6,8-9,12,14H,4,7,10-11H2,1H3,(H,22,24). The molecule has 146 valence electrons. The van der Waals surface area contributed by atoms with Gasteiger partial charge in [0.2, 0.25) is 5.91 Å². The highest BCUT2D eigenvalue weighted by Gasteiger charge is 2.30. The van der Waals surface area contributed by atoms with Gasteiger partial charge in [-0.2, -0.15) is 0 Å². The van der Waals surface area contributed by atoms with E-state index in [9.17, 15) is 13.2 Å². The quantitative estimate of drug-likeness (QED) is 0.661. The molecule has 0 saturated carbocycles. The Kier molecular flexibility index (Phi) is 5.03. The van der Waals surface area contributed by atoms with Gasteiger partial charge in [-0.1, -0.05) is 12.1 Å². The van der Waals surface area contributed by atoms with Crippen LogP contribution in [0.4, 0.5) is 5.82 Å². The number of amides is 1. The van der Waals surface area contributed by atoms with E-state index in [-0.39, 0.29) is 11.9 Å². The molecule has 2 aromatic heterocycles. The van der Waals surface area contributed by atoms with Crippen LogP contribution in [0.3, 0.4) is 0 Å². The van der Waals surface area contributed by atoms with Gasteiger partial charge < -0.3 is 10.2 Å². The predicted octanol–water partition coefficient (Wildman–Crippen LogP) is 2.03. The number of hydrogen-bond donors (Lipinski definition) is 1. The van der Waals surface area contributed by atoms with Crippen molar-refractivity contribution in [3.63, 3.8) is 0 Å². The molecule has 0 atom stereocenters. The maximum Gasteiger partial charge on any atom is 0.220 e. The molecule has 1 saturated heterocycles. The van der Waals surface area contributed by atoms with E-state index in [1.807, 2.05) is 11.4 Å². The van der Waals surface area contributed by atoms with Crippen LogP contribution in [0.2, 0.25) is 0 Å². The fourth-order valence-corrected chi connectivity index (χ4v) is 4.70. The Bertz CT molecular complexity index is 1100. The normalized spacial score (nSPS) is 14.8. The Labute approximate surface area is 167 Å². The van der Waals surface area contributed by atoms with E-state index in [2.05, 4.69) is 20.2 Å². The number of carbonyl (C=O) groups is 1. The summed E-state index contributed by atoms with van der Waals surface area (Å²) in [7, 11) is -3.19. The van der Waals surface area contributed by atoms with Gasteiger partial charge in [-0.25, -0.2) is 18.4 Å². The molecule has 4 rings (SSSR count). The second-order valence-corrected chi connectivity index (χ2v) is 9.85. The topological polar surface area (TPSA) is 92.3 Å². The lowest BCUT2D eigenvalue weighted by Gasteiger charge is -2.40. The minimum atomic E-state index is -3.19. The molecular formula is C19H20N4O3S2. The van der Waals surface area contributed by atoms with Crippen molar-refractivity contribution < 1.29 is 13.2 Å². The summed E-state index contributed by atoms with van der Waals surface area (Å²) < 4.78 is 24.0. The average Bonchev–Trinajstić information content (AvgIpc) is 3.11. The van der Waals surface area contributed by atoms with E-state index in [1.54, 1.807) is 41.9 Å². The molecular weight excluding hydrogens is 396 g/mol. The van der Waals surface area contributed by atoms with E-state index >= 15 is 0 Å². The van der Waals surface area contributed by atoms with Crippen molar-refractivity contribution in [1.29, 1.82) is 0 Å². The predicted molar refractivity (Wildman–Crippen MR) is 109 cm³/mol. The fourth-order valence-electron chi connectivity index (χ4n) is 3.20. The third kappa shape index (κ3) is 4.00. The van der Waals surface area contributed by atoms with Crippen LogP contribution >= 0.6 is 11.3 Å². The zero-order chi connectivity index (χ0) is 19.7. The minimum absolute atomic E-state index is 0.000739. The van der Waals surface area contributed by atoms with Gasteiger partial charge in [0.15, 0.2) is 9.84 Å². The Morgan fingerprint density at radius 3 is 2.68 bits per heavy atom. The van der Waals surface area contributed by atoms with Crippen LogP contribution < -0.4 is 10.2 Å². The fraction of sp³-hybridized carbons (Fsp3) is 0.316. The van der Waals surface area contributed by atoms with E-state index in [0.29, 0.717) is 17.7 Å². The molecule has 1 amide bonds. The summed E-state index contributed by atoms with van der Waals surface area (Å²) in [5.74, 6) is 0.928. The number of anilines is 1. The zero-order valence-corrected chi connectivity index (χ0v) is 17.0. The first-order chi connectivity index (χ1) is 13.4.